The molecular formula is C15H25NS. The molecule has 0 aromatic carbocycles. The minimum Gasteiger partial charge on any atom is -0.314 e. The summed E-state index contributed by atoms with van der Waals surface area (Å²) >= 11 is 2.00. The predicted molar refractivity (Wildman–Crippen MR) is 76.8 cm³/mol. The zero-order valence-corrected chi connectivity index (χ0v) is 12.1. The molecule has 2 unspecified atom stereocenters. The molecule has 0 radical (unpaired) electrons. The molecule has 1 saturated carbocycles. The Hall–Kier alpha value is -0.340. The van der Waals surface area contributed by atoms with Gasteiger partial charge < -0.3 is 5.32 Å². The van der Waals surface area contributed by atoms with Gasteiger partial charge >= 0.3 is 0 Å². The van der Waals surface area contributed by atoms with Gasteiger partial charge in [0.25, 0.3) is 0 Å². The number of aryl methyl sites for hydroxylation is 1. The van der Waals surface area contributed by atoms with E-state index >= 15 is 0 Å². The van der Waals surface area contributed by atoms with E-state index < -0.39 is 0 Å². The lowest BCUT2D eigenvalue weighted by Gasteiger charge is -2.24. The molecule has 2 heteroatoms. The summed E-state index contributed by atoms with van der Waals surface area (Å²) in [6.07, 6.45) is 5.30. The summed E-state index contributed by atoms with van der Waals surface area (Å²) in [5, 5.41) is 3.69. The van der Waals surface area contributed by atoms with Gasteiger partial charge in [0.2, 0.25) is 0 Å². The summed E-state index contributed by atoms with van der Waals surface area (Å²) in [6.45, 7) is 7.98. The van der Waals surface area contributed by atoms with Crippen LogP contribution >= 0.6 is 11.3 Å². The van der Waals surface area contributed by atoms with Crippen molar-refractivity contribution >= 4 is 11.3 Å². The third kappa shape index (κ3) is 3.56. The highest BCUT2D eigenvalue weighted by Crippen LogP contribution is 2.39. The minimum atomic E-state index is 0.677. The van der Waals surface area contributed by atoms with Crippen molar-refractivity contribution in [2.75, 3.05) is 6.54 Å². The smallest absolute Gasteiger partial charge is 0.0143 e. The summed E-state index contributed by atoms with van der Waals surface area (Å²) < 4.78 is 0. The van der Waals surface area contributed by atoms with Gasteiger partial charge in [-0.3, -0.25) is 0 Å². The number of thiophene rings is 1. The molecule has 17 heavy (non-hydrogen) atoms. The fourth-order valence-electron chi connectivity index (χ4n) is 2.60. The molecule has 1 heterocycles. The molecule has 1 aliphatic carbocycles. The van der Waals surface area contributed by atoms with Gasteiger partial charge in [-0.15, -0.1) is 11.3 Å². The van der Waals surface area contributed by atoms with Crippen LogP contribution in [0.2, 0.25) is 0 Å². The average Bonchev–Trinajstić information content (AvgIpc) is 3.08. The molecule has 1 aromatic rings. The highest BCUT2D eigenvalue weighted by atomic mass is 32.1. The second kappa shape index (κ2) is 6.01. The largest absolute Gasteiger partial charge is 0.314 e. The van der Waals surface area contributed by atoms with Crippen molar-refractivity contribution in [3.63, 3.8) is 0 Å². The van der Waals surface area contributed by atoms with E-state index in [0.717, 1.165) is 18.4 Å². The Morgan fingerprint density at radius 2 is 2.00 bits per heavy atom. The van der Waals surface area contributed by atoms with E-state index in [4.69, 9.17) is 0 Å². The van der Waals surface area contributed by atoms with Crippen molar-refractivity contribution in [2.24, 2.45) is 11.8 Å². The van der Waals surface area contributed by atoms with Crippen LogP contribution in [0.4, 0.5) is 0 Å². The third-order valence-corrected chi connectivity index (χ3v) is 5.21. The maximum atomic E-state index is 3.69. The zero-order valence-electron chi connectivity index (χ0n) is 11.3. The van der Waals surface area contributed by atoms with E-state index in [9.17, 15) is 0 Å². The summed E-state index contributed by atoms with van der Waals surface area (Å²) in [7, 11) is 0. The summed E-state index contributed by atoms with van der Waals surface area (Å²) in [5.74, 6) is 1.83. The summed E-state index contributed by atoms with van der Waals surface area (Å²) in [6, 6.07) is 5.30. The summed E-state index contributed by atoms with van der Waals surface area (Å²) in [5.41, 5.74) is 0. The third-order valence-electron chi connectivity index (χ3n) is 3.95. The first-order valence-corrected chi connectivity index (χ1v) is 7.87. The molecule has 0 bridgehead atoms. The van der Waals surface area contributed by atoms with Crippen molar-refractivity contribution in [3.8, 4) is 0 Å². The number of nitrogens with one attached hydrogen (secondary N) is 1. The van der Waals surface area contributed by atoms with Gasteiger partial charge in [0, 0.05) is 15.8 Å². The van der Waals surface area contributed by atoms with E-state index in [1.165, 1.54) is 30.6 Å². The molecule has 1 fully saturated rings. The molecular weight excluding hydrogens is 226 g/mol. The van der Waals surface area contributed by atoms with Crippen LogP contribution in [0.15, 0.2) is 12.1 Å². The van der Waals surface area contributed by atoms with E-state index in [1.807, 2.05) is 11.3 Å². The van der Waals surface area contributed by atoms with Crippen molar-refractivity contribution in [1.29, 1.82) is 0 Å². The van der Waals surface area contributed by atoms with Crippen LogP contribution in [-0.4, -0.2) is 12.6 Å². The van der Waals surface area contributed by atoms with Gasteiger partial charge in [0.1, 0.15) is 0 Å². The van der Waals surface area contributed by atoms with Crippen LogP contribution in [0.25, 0.3) is 0 Å². The van der Waals surface area contributed by atoms with Crippen LogP contribution in [0, 0.1) is 11.8 Å². The quantitative estimate of drug-likeness (QED) is 0.775. The number of likely N-dealkylation sites (N-methyl/N-ethyl adjacent to an activating group) is 1. The second-order valence-corrected chi connectivity index (χ2v) is 6.54. The van der Waals surface area contributed by atoms with Crippen molar-refractivity contribution in [1.82, 2.24) is 5.32 Å². The molecule has 0 spiro atoms. The fraction of sp³-hybridized carbons (Fsp3) is 0.733. The number of hydrogen-bond donors (Lipinski definition) is 1. The molecule has 1 N–H and O–H groups in total. The average molecular weight is 251 g/mol. The van der Waals surface area contributed by atoms with Crippen LogP contribution < -0.4 is 5.32 Å². The zero-order chi connectivity index (χ0) is 12.3. The Morgan fingerprint density at radius 3 is 2.53 bits per heavy atom. The lowest BCUT2D eigenvalue weighted by atomic mass is 9.93. The summed E-state index contributed by atoms with van der Waals surface area (Å²) in [4.78, 5) is 3.08. The lowest BCUT2D eigenvalue weighted by molar-refractivity contribution is 0.346. The van der Waals surface area contributed by atoms with E-state index in [0.29, 0.717) is 6.04 Å². The molecule has 0 aliphatic heterocycles. The Kier molecular flexibility index (Phi) is 4.63. The standard InChI is InChI=1S/C15H25NS/c1-4-13-8-9-14(17-13)10-15(16-5-2)11(3)12-6-7-12/h8-9,11-12,15-16H,4-7,10H2,1-3H3. The van der Waals surface area contributed by atoms with E-state index in [2.05, 4.69) is 38.2 Å². The molecule has 2 atom stereocenters. The monoisotopic (exact) mass is 251 g/mol. The molecule has 1 nitrogen and oxygen atoms in total. The highest BCUT2D eigenvalue weighted by Gasteiger charge is 2.33. The minimum absolute atomic E-state index is 0.677. The van der Waals surface area contributed by atoms with Crippen LogP contribution in [0.3, 0.4) is 0 Å². The fourth-order valence-corrected chi connectivity index (χ4v) is 3.61. The molecule has 96 valence electrons. The maximum absolute atomic E-state index is 3.69. The Balaban J connectivity index is 1.95. The molecule has 0 saturated heterocycles. The van der Waals surface area contributed by atoms with Gasteiger partial charge in [0.15, 0.2) is 0 Å². The van der Waals surface area contributed by atoms with Crippen LogP contribution in [0.5, 0.6) is 0 Å². The van der Waals surface area contributed by atoms with Crippen LogP contribution in [0.1, 0.15) is 43.4 Å². The van der Waals surface area contributed by atoms with Gasteiger partial charge in [-0.1, -0.05) is 20.8 Å². The van der Waals surface area contributed by atoms with E-state index in [-0.39, 0.29) is 0 Å². The first-order chi connectivity index (χ1) is 8.24. The van der Waals surface area contributed by atoms with Gasteiger partial charge in [-0.05, 0) is 56.2 Å². The molecule has 1 aromatic heterocycles. The Morgan fingerprint density at radius 1 is 1.29 bits per heavy atom. The topological polar surface area (TPSA) is 12.0 Å². The SMILES string of the molecule is CCNC(Cc1ccc(CC)s1)C(C)C1CC1. The Labute approximate surface area is 110 Å². The molecule has 0 amide bonds. The normalized spacial score (nSPS) is 19.2. The first-order valence-electron chi connectivity index (χ1n) is 7.05. The van der Waals surface area contributed by atoms with Gasteiger partial charge in [0.05, 0.1) is 0 Å². The van der Waals surface area contributed by atoms with Crippen molar-refractivity contribution in [2.45, 2.75) is 52.5 Å². The second-order valence-electron chi connectivity index (χ2n) is 5.29. The highest BCUT2D eigenvalue weighted by molar-refractivity contribution is 7.11. The van der Waals surface area contributed by atoms with Crippen molar-refractivity contribution < 1.29 is 0 Å². The Bertz CT molecular complexity index is 340. The first kappa shape index (κ1) is 13.1. The number of rotatable bonds is 7. The predicted octanol–water partition coefficient (Wildman–Crippen LogP) is 3.88. The maximum Gasteiger partial charge on any atom is 0.0143 e. The van der Waals surface area contributed by atoms with Crippen molar-refractivity contribution in [3.05, 3.63) is 21.9 Å². The lowest BCUT2D eigenvalue weighted by Crippen LogP contribution is -2.37. The molecule has 1 aliphatic rings. The van der Waals surface area contributed by atoms with Crippen LogP contribution in [-0.2, 0) is 12.8 Å². The number of hydrogen-bond acceptors (Lipinski definition) is 2. The van der Waals surface area contributed by atoms with Gasteiger partial charge in [-0.2, -0.15) is 0 Å². The van der Waals surface area contributed by atoms with E-state index in [1.54, 1.807) is 4.88 Å². The van der Waals surface area contributed by atoms with Gasteiger partial charge in [-0.25, -0.2) is 0 Å². The molecule has 2 rings (SSSR count).